The van der Waals surface area contributed by atoms with Gasteiger partial charge in [0.2, 0.25) is 20.0 Å². The van der Waals surface area contributed by atoms with E-state index in [1.54, 1.807) is 39.8 Å². The molecule has 2 aromatic carbocycles. The Morgan fingerprint density at radius 3 is 2.00 bits per heavy atom. The first kappa shape index (κ1) is 26.9. The lowest BCUT2D eigenvalue weighted by molar-refractivity contribution is 0.0946. The van der Waals surface area contributed by atoms with Crippen molar-refractivity contribution in [2.75, 3.05) is 20.1 Å². The van der Waals surface area contributed by atoms with E-state index in [1.165, 1.54) is 27.8 Å². The third-order valence-corrected chi connectivity index (χ3v) is 9.40. The highest BCUT2D eigenvalue weighted by molar-refractivity contribution is 7.89. The summed E-state index contributed by atoms with van der Waals surface area (Å²) in [6, 6.07) is 8.89. The van der Waals surface area contributed by atoms with Gasteiger partial charge in [-0.3, -0.25) is 4.79 Å². The third kappa shape index (κ3) is 5.97. The molecule has 1 N–H and O–H groups in total. The van der Waals surface area contributed by atoms with Crippen LogP contribution in [0.1, 0.15) is 43.6 Å². The Morgan fingerprint density at radius 1 is 0.939 bits per heavy atom. The molecule has 2 aromatic rings. The largest absolute Gasteiger partial charge is 0.348 e. The van der Waals surface area contributed by atoms with Crippen molar-refractivity contribution in [1.29, 1.82) is 0 Å². The fourth-order valence-electron chi connectivity index (χ4n) is 3.05. The van der Waals surface area contributed by atoms with Gasteiger partial charge in [-0.05, 0) is 49.7 Å². The minimum Gasteiger partial charge on any atom is -0.348 e. The Hall–Kier alpha value is -2.34. The van der Waals surface area contributed by atoms with E-state index in [4.69, 9.17) is 0 Å². The molecule has 0 bridgehead atoms. The number of carbonyl (C=O) groups is 1. The lowest BCUT2D eigenvalue weighted by Gasteiger charge is -2.21. The van der Waals surface area contributed by atoms with Crippen LogP contribution in [0.25, 0.3) is 0 Å². The van der Waals surface area contributed by atoms with Crippen LogP contribution in [0.4, 0.5) is 4.39 Å². The highest BCUT2D eigenvalue weighted by Gasteiger charge is 2.25. The summed E-state index contributed by atoms with van der Waals surface area (Å²) in [5.74, 6) is -1.62. The minimum atomic E-state index is -3.85. The number of nitrogens with one attached hydrogen (secondary N) is 1. The second-order valence-electron chi connectivity index (χ2n) is 7.67. The molecule has 0 aliphatic heterocycles. The van der Waals surface area contributed by atoms with Crippen molar-refractivity contribution in [2.24, 2.45) is 0 Å². The predicted octanol–water partition coefficient (Wildman–Crippen LogP) is 2.82. The minimum absolute atomic E-state index is 0.00560. The Balaban J connectivity index is 2.19. The van der Waals surface area contributed by atoms with Crippen molar-refractivity contribution in [3.63, 3.8) is 0 Å². The molecule has 33 heavy (non-hydrogen) atoms. The number of hydrogen-bond acceptors (Lipinski definition) is 5. The van der Waals surface area contributed by atoms with Gasteiger partial charge in [-0.1, -0.05) is 26.0 Å². The van der Waals surface area contributed by atoms with Crippen LogP contribution in [0.3, 0.4) is 0 Å². The Kier molecular flexibility index (Phi) is 8.75. The molecule has 0 aliphatic carbocycles. The summed E-state index contributed by atoms with van der Waals surface area (Å²) in [7, 11) is -5.98. The first-order valence-corrected chi connectivity index (χ1v) is 13.4. The molecule has 0 radical (unpaired) electrons. The summed E-state index contributed by atoms with van der Waals surface area (Å²) in [6.45, 7) is 7.41. The van der Waals surface area contributed by atoms with Gasteiger partial charge in [0, 0.05) is 32.7 Å². The fourth-order valence-corrected chi connectivity index (χ4v) is 5.90. The second kappa shape index (κ2) is 10.7. The van der Waals surface area contributed by atoms with Crippen molar-refractivity contribution in [1.82, 2.24) is 13.9 Å². The zero-order valence-electron chi connectivity index (χ0n) is 19.4. The molecule has 0 heterocycles. The number of nitrogens with zero attached hydrogens (tertiary/aromatic N) is 2. The van der Waals surface area contributed by atoms with E-state index in [-0.39, 0.29) is 41.0 Å². The molecule has 0 unspecified atom stereocenters. The Labute approximate surface area is 195 Å². The standard InChI is InChI=1S/C22H30FN3O5S2/c1-6-26(7-2)33(30,31)19-12-13-21(23)20(14-19)22(27)24-15-17-8-10-18(11-9-17)32(28,29)25(5)16(3)4/h8-14,16H,6-7,15H2,1-5H3,(H,24,27). The van der Waals surface area contributed by atoms with Crippen LogP contribution < -0.4 is 5.32 Å². The molecule has 0 aromatic heterocycles. The number of benzene rings is 2. The summed E-state index contributed by atoms with van der Waals surface area (Å²) in [5.41, 5.74) is 0.211. The van der Waals surface area contributed by atoms with E-state index in [0.29, 0.717) is 5.56 Å². The second-order valence-corrected chi connectivity index (χ2v) is 11.6. The van der Waals surface area contributed by atoms with E-state index in [1.807, 2.05) is 0 Å². The topological polar surface area (TPSA) is 104 Å². The number of carbonyl (C=O) groups excluding carboxylic acids is 1. The van der Waals surface area contributed by atoms with Crippen LogP contribution in [0.15, 0.2) is 52.3 Å². The van der Waals surface area contributed by atoms with E-state index in [0.717, 1.165) is 18.2 Å². The van der Waals surface area contributed by atoms with Crippen molar-refractivity contribution in [3.05, 3.63) is 59.4 Å². The number of amides is 1. The molecule has 2 rings (SSSR count). The van der Waals surface area contributed by atoms with E-state index >= 15 is 0 Å². The molecule has 8 nitrogen and oxygen atoms in total. The smallest absolute Gasteiger partial charge is 0.254 e. The van der Waals surface area contributed by atoms with Crippen molar-refractivity contribution >= 4 is 26.0 Å². The van der Waals surface area contributed by atoms with Crippen LogP contribution >= 0.6 is 0 Å². The van der Waals surface area contributed by atoms with Gasteiger partial charge in [0.15, 0.2) is 0 Å². The first-order chi connectivity index (χ1) is 15.4. The van der Waals surface area contributed by atoms with Gasteiger partial charge in [-0.25, -0.2) is 21.2 Å². The van der Waals surface area contributed by atoms with E-state index < -0.39 is 31.8 Å². The van der Waals surface area contributed by atoms with Gasteiger partial charge in [0.05, 0.1) is 15.4 Å². The molecule has 0 spiro atoms. The number of hydrogen-bond donors (Lipinski definition) is 1. The average molecular weight is 500 g/mol. The molecule has 0 atom stereocenters. The van der Waals surface area contributed by atoms with Crippen LogP contribution in [-0.4, -0.2) is 57.5 Å². The normalized spacial score (nSPS) is 12.5. The van der Waals surface area contributed by atoms with E-state index in [2.05, 4.69) is 5.32 Å². The summed E-state index contributed by atoms with van der Waals surface area (Å²) < 4.78 is 67.2. The molecule has 0 saturated carbocycles. The number of halogens is 1. The van der Waals surface area contributed by atoms with Crippen molar-refractivity contribution < 1.29 is 26.0 Å². The summed E-state index contributed by atoms with van der Waals surface area (Å²) in [6.07, 6.45) is 0. The van der Waals surface area contributed by atoms with Gasteiger partial charge >= 0.3 is 0 Å². The summed E-state index contributed by atoms with van der Waals surface area (Å²) in [5, 5.41) is 2.54. The summed E-state index contributed by atoms with van der Waals surface area (Å²) >= 11 is 0. The molecule has 11 heteroatoms. The Bertz CT molecular complexity index is 1190. The van der Waals surface area contributed by atoms with Crippen LogP contribution in [-0.2, 0) is 26.6 Å². The van der Waals surface area contributed by atoms with Crippen LogP contribution in [0.2, 0.25) is 0 Å². The molecule has 182 valence electrons. The molecule has 0 aliphatic rings. The maximum atomic E-state index is 14.3. The van der Waals surface area contributed by atoms with E-state index in [9.17, 15) is 26.0 Å². The monoisotopic (exact) mass is 499 g/mol. The van der Waals surface area contributed by atoms with Gasteiger partial charge < -0.3 is 5.32 Å². The summed E-state index contributed by atoms with van der Waals surface area (Å²) in [4.78, 5) is 12.5. The molecule has 1 amide bonds. The first-order valence-electron chi connectivity index (χ1n) is 10.5. The van der Waals surface area contributed by atoms with Crippen LogP contribution in [0.5, 0.6) is 0 Å². The maximum Gasteiger partial charge on any atom is 0.254 e. The lowest BCUT2D eigenvalue weighted by Crippen LogP contribution is -2.33. The van der Waals surface area contributed by atoms with Crippen molar-refractivity contribution in [2.45, 2.75) is 50.1 Å². The number of rotatable bonds is 10. The van der Waals surface area contributed by atoms with Gasteiger partial charge in [-0.15, -0.1) is 0 Å². The van der Waals surface area contributed by atoms with Crippen molar-refractivity contribution in [3.8, 4) is 0 Å². The zero-order valence-corrected chi connectivity index (χ0v) is 21.0. The highest BCUT2D eigenvalue weighted by Crippen LogP contribution is 2.20. The quantitative estimate of drug-likeness (QED) is 0.541. The zero-order chi connectivity index (χ0) is 25.0. The molecular formula is C22H30FN3O5S2. The SMILES string of the molecule is CCN(CC)S(=O)(=O)c1ccc(F)c(C(=O)NCc2ccc(S(=O)(=O)N(C)C(C)C)cc2)c1. The van der Waals surface area contributed by atoms with Gasteiger partial charge in [0.1, 0.15) is 5.82 Å². The maximum absolute atomic E-state index is 14.3. The molecule has 0 fully saturated rings. The molecular weight excluding hydrogens is 469 g/mol. The van der Waals surface area contributed by atoms with Crippen LogP contribution in [0, 0.1) is 5.82 Å². The predicted molar refractivity (Wildman–Crippen MR) is 124 cm³/mol. The fraction of sp³-hybridized carbons (Fsp3) is 0.409. The van der Waals surface area contributed by atoms with Gasteiger partial charge in [0.25, 0.3) is 5.91 Å². The average Bonchev–Trinajstić information content (AvgIpc) is 2.77. The third-order valence-electron chi connectivity index (χ3n) is 5.31. The number of sulfonamides is 2. The molecule has 0 saturated heterocycles. The lowest BCUT2D eigenvalue weighted by atomic mass is 10.2. The van der Waals surface area contributed by atoms with Gasteiger partial charge in [-0.2, -0.15) is 8.61 Å². The highest BCUT2D eigenvalue weighted by atomic mass is 32.2. The Morgan fingerprint density at radius 2 is 1.48 bits per heavy atom.